The third-order valence-electron chi connectivity index (χ3n) is 2.72. The first-order valence-corrected chi connectivity index (χ1v) is 6.17. The Kier molecular flexibility index (Phi) is 4.10. The van der Waals surface area contributed by atoms with Gasteiger partial charge in [0.25, 0.3) is 5.91 Å². The molecule has 0 atom stereocenters. The first-order valence-electron chi connectivity index (χ1n) is 6.17. The van der Waals surface area contributed by atoms with Crippen molar-refractivity contribution in [2.45, 2.75) is 13.8 Å². The molecule has 0 spiro atoms. The van der Waals surface area contributed by atoms with Crippen LogP contribution >= 0.6 is 0 Å². The Morgan fingerprint density at radius 1 is 1.05 bits per heavy atom. The van der Waals surface area contributed by atoms with Gasteiger partial charge in [0, 0.05) is 13.1 Å². The fraction of sp³-hybridized carbons (Fsp3) is 0.133. The monoisotopic (exact) mass is 269 g/mol. The van der Waals surface area contributed by atoms with Gasteiger partial charge in [-0.1, -0.05) is 18.2 Å². The van der Waals surface area contributed by atoms with Crippen molar-refractivity contribution in [1.82, 2.24) is 4.98 Å². The molecule has 0 saturated heterocycles. The molecular weight excluding hydrogens is 254 g/mol. The molecule has 1 heterocycles. The van der Waals surface area contributed by atoms with Gasteiger partial charge in [0.2, 0.25) is 5.91 Å². The third kappa shape index (κ3) is 3.20. The SMILES string of the molecule is CC(=O)Nc1ccccc1C(=O)Nc1ncccc1C. The van der Waals surface area contributed by atoms with Gasteiger partial charge in [-0.25, -0.2) is 4.98 Å². The highest BCUT2D eigenvalue weighted by molar-refractivity contribution is 6.09. The molecule has 0 radical (unpaired) electrons. The second kappa shape index (κ2) is 5.97. The summed E-state index contributed by atoms with van der Waals surface area (Å²) in [7, 11) is 0. The maximum atomic E-state index is 12.3. The summed E-state index contributed by atoms with van der Waals surface area (Å²) in [6.07, 6.45) is 1.61. The van der Waals surface area contributed by atoms with Crippen LogP contribution in [0.4, 0.5) is 11.5 Å². The molecule has 2 amide bonds. The van der Waals surface area contributed by atoms with Crippen molar-refractivity contribution in [2.75, 3.05) is 10.6 Å². The molecular formula is C15H15N3O2. The van der Waals surface area contributed by atoms with Crippen LogP contribution in [0.3, 0.4) is 0 Å². The van der Waals surface area contributed by atoms with E-state index in [9.17, 15) is 9.59 Å². The maximum Gasteiger partial charge on any atom is 0.258 e. The zero-order valence-corrected chi connectivity index (χ0v) is 11.3. The summed E-state index contributed by atoms with van der Waals surface area (Å²) in [6, 6.07) is 10.5. The van der Waals surface area contributed by atoms with Gasteiger partial charge < -0.3 is 10.6 Å². The fourth-order valence-electron chi connectivity index (χ4n) is 1.77. The zero-order chi connectivity index (χ0) is 14.5. The molecule has 5 heteroatoms. The summed E-state index contributed by atoms with van der Waals surface area (Å²) < 4.78 is 0. The van der Waals surface area contributed by atoms with Gasteiger partial charge in [-0.15, -0.1) is 0 Å². The summed E-state index contributed by atoms with van der Waals surface area (Å²) in [4.78, 5) is 27.5. The molecule has 102 valence electrons. The topological polar surface area (TPSA) is 71.1 Å². The third-order valence-corrected chi connectivity index (χ3v) is 2.72. The van der Waals surface area contributed by atoms with E-state index in [1.807, 2.05) is 13.0 Å². The summed E-state index contributed by atoms with van der Waals surface area (Å²) >= 11 is 0. The lowest BCUT2D eigenvalue weighted by Gasteiger charge is -2.11. The lowest BCUT2D eigenvalue weighted by Crippen LogP contribution is -2.17. The number of nitrogens with zero attached hydrogens (tertiary/aromatic N) is 1. The standard InChI is InChI=1S/C15H15N3O2/c1-10-6-5-9-16-14(10)18-15(20)12-7-3-4-8-13(12)17-11(2)19/h3-9H,1-2H3,(H,17,19)(H,16,18,20). The van der Waals surface area contributed by atoms with Crippen LogP contribution < -0.4 is 10.6 Å². The Balaban J connectivity index is 2.26. The normalized spacial score (nSPS) is 9.90. The van der Waals surface area contributed by atoms with Crippen LogP contribution in [0.25, 0.3) is 0 Å². The number of carbonyl (C=O) groups is 2. The highest BCUT2D eigenvalue weighted by Crippen LogP contribution is 2.17. The van der Waals surface area contributed by atoms with E-state index < -0.39 is 0 Å². The van der Waals surface area contributed by atoms with E-state index in [-0.39, 0.29) is 11.8 Å². The molecule has 0 bridgehead atoms. The first kappa shape index (κ1) is 13.7. The van der Waals surface area contributed by atoms with E-state index in [4.69, 9.17) is 0 Å². The van der Waals surface area contributed by atoms with Crippen molar-refractivity contribution < 1.29 is 9.59 Å². The average molecular weight is 269 g/mol. The Labute approximate surface area is 117 Å². The quantitative estimate of drug-likeness (QED) is 0.899. The van der Waals surface area contributed by atoms with Gasteiger partial charge in [0.15, 0.2) is 0 Å². The van der Waals surface area contributed by atoms with E-state index in [0.29, 0.717) is 17.1 Å². The number of pyridine rings is 1. The number of para-hydroxylation sites is 1. The number of amides is 2. The van der Waals surface area contributed by atoms with Crippen LogP contribution in [-0.2, 0) is 4.79 Å². The summed E-state index contributed by atoms with van der Waals surface area (Å²) in [6.45, 7) is 3.26. The van der Waals surface area contributed by atoms with E-state index >= 15 is 0 Å². The van der Waals surface area contributed by atoms with Gasteiger partial charge in [0.1, 0.15) is 5.82 Å². The zero-order valence-electron chi connectivity index (χ0n) is 11.3. The van der Waals surface area contributed by atoms with Crippen LogP contribution in [0.5, 0.6) is 0 Å². The molecule has 0 aliphatic rings. The fourth-order valence-corrected chi connectivity index (χ4v) is 1.77. The minimum atomic E-state index is -0.309. The van der Waals surface area contributed by atoms with Crippen LogP contribution in [0.2, 0.25) is 0 Å². The smallest absolute Gasteiger partial charge is 0.258 e. The molecule has 0 fully saturated rings. The number of benzene rings is 1. The van der Waals surface area contributed by atoms with Crippen LogP contribution in [0.1, 0.15) is 22.8 Å². The second-order valence-electron chi connectivity index (χ2n) is 4.35. The van der Waals surface area contributed by atoms with E-state index in [1.54, 1.807) is 36.5 Å². The molecule has 1 aromatic heterocycles. The van der Waals surface area contributed by atoms with Crippen LogP contribution in [0, 0.1) is 6.92 Å². The van der Waals surface area contributed by atoms with Gasteiger partial charge in [0.05, 0.1) is 11.3 Å². The van der Waals surface area contributed by atoms with E-state index in [0.717, 1.165) is 5.56 Å². The molecule has 20 heavy (non-hydrogen) atoms. The lowest BCUT2D eigenvalue weighted by atomic mass is 10.1. The molecule has 0 aliphatic heterocycles. The molecule has 2 aromatic rings. The Hall–Kier alpha value is -2.69. The van der Waals surface area contributed by atoms with Gasteiger partial charge in [-0.2, -0.15) is 0 Å². The molecule has 2 N–H and O–H groups in total. The molecule has 5 nitrogen and oxygen atoms in total. The highest BCUT2D eigenvalue weighted by Gasteiger charge is 2.13. The first-order chi connectivity index (χ1) is 9.58. The van der Waals surface area contributed by atoms with Crippen molar-refractivity contribution in [3.05, 3.63) is 53.7 Å². The minimum Gasteiger partial charge on any atom is -0.326 e. The van der Waals surface area contributed by atoms with E-state index in [1.165, 1.54) is 6.92 Å². The summed E-state index contributed by atoms with van der Waals surface area (Å²) in [5, 5.41) is 5.37. The Bertz CT molecular complexity index is 653. The highest BCUT2D eigenvalue weighted by atomic mass is 16.2. The van der Waals surface area contributed by atoms with Gasteiger partial charge in [-0.3, -0.25) is 9.59 Å². The number of nitrogens with one attached hydrogen (secondary N) is 2. The second-order valence-corrected chi connectivity index (χ2v) is 4.35. The Morgan fingerprint density at radius 2 is 1.80 bits per heavy atom. The van der Waals surface area contributed by atoms with Crippen molar-refractivity contribution >= 4 is 23.3 Å². The summed E-state index contributed by atoms with van der Waals surface area (Å²) in [5.74, 6) is -0.0226. The molecule has 0 aliphatic carbocycles. The number of aromatic nitrogens is 1. The molecule has 1 aromatic carbocycles. The van der Waals surface area contributed by atoms with Crippen molar-refractivity contribution in [3.63, 3.8) is 0 Å². The van der Waals surface area contributed by atoms with Crippen LogP contribution in [0.15, 0.2) is 42.6 Å². The van der Waals surface area contributed by atoms with E-state index in [2.05, 4.69) is 15.6 Å². The molecule has 0 saturated carbocycles. The van der Waals surface area contributed by atoms with Crippen molar-refractivity contribution in [1.29, 1.82) is 0 Å². The number of aryl methyl sites for hydroxylation is 1. The molecule has 0 unspecified atom stereocenters. The van der Waals surface area contributed by atoms with Crippen LogP contribution in [-0.4, -0.2) is 16.8 Å². The molecule has 2 rings (SSSR count). The number of hydrogen-bond acceptors (Lipinski definition) is 3. The lowest BCUT2D eigenvalue weighted by molar-refractivity contribution is -0.114. The number of rotatable bonds is 3. The minimum absolute atomic E-state index is 0.223. The predicted molar refractivity (Wildman–Crippen MR) is 77.7 cm³/mol. The maximum absolute atomic E-state index is 12.3. The van der Waals surface area contributed by atoms with Gasteiger partial charge >= 0.3 is 0 Å². The van der Waals surface area contributed by atoms with Crippen molar-refractivity contribution in [2.24, 2.45) is 0 Å². The largest absolute Gasteiger partial charge is 0.326 e. The summed E-state index contributed by atoms with van der Waals surface area (Å²) in [5.41, 5.74) is 1.75. The number of carbonyl (C=O) groups excluding carboxylic acids is 2. The number of hydrogen-bond donors (Lipinski definition) is 2. The average Bonchev–Trinajstić information content (AvgIpc) is 2.41. The van der Waals surface area contributed by atoms with Crippen molar-refractivity contribution in [3.8, 4) is 0 Å². The van der Waals surface area contributed by atoms with Gasteiger partial charge in [-0.05, 0) is 30.7 Å². The Morgan fingerprint density at radius 3 is 2.50 bits per heavy atom. The number of anilines is 2. The predicted octanol–water partition coefficient (Wildman–Crippen LogP) is 2.60.